The van der Waals surface area contributed by atoms with Crippen molar-refractivity contribution < 1.29 is 4.79 Å². The molecule has 142 valence electrons. The van der Waals surface area contributed by atoms with E-state index < -0.39 is 5.54 Å². The number of carbonyl (C=O) groups is 1. The third-order valence-corrected chi connectivity index (χ3v) is 5.60. The lowest BCUT2D eigenvalue weighted by atomic mass is 9.75. The summed E-state index contributed by atoms with van der Waals surface area (Å²) in [6.07, 6.45) is 2.01. The number of hydrogen-bond donors (Lipinski definition) is 2. The minimum Gasteiger partial charge on any atom is -0.350 e. The van der Waals surface area contributed by atoms with Gasteiger partial charge in [0, 0.05) is 0 Å². The smallest absolute Gasteiger partial charge is 0.239 e. The number of rotatable bonds is 7. The highest BCUT2D eigenvalue weighted by molar-refractivity contribution is 5.89. The molecule has 1 fully saturated rings. The van der Waals surface area contributed by atoms with E-state index in [1.54, 1.807) is 0 Å². The van der Waals surface area contributed by atoms with Crippen molar-refractivity contribution in [3.8, 4) is 0 Å². The fourth-order valence-electron chi connectivity index (χ4n) is 4.21. The molecule has 3 nitrogen and oxygen atoms in total. The molecule has 3 aromatic carbocycles. The Morgan fingerprint density at radius 2 is 1.21 bits per heavy atom. The predicted octanol–water partition coefficient (Wildman–Crippen LogP) is 4.24. The second-order valence-corrected chi connectivity index (χ2v) is 7.37. The van der Waals surface area contributed by atoms with Gasteiger partial charge in [0.2, 0.25) is 5.91 Å². The molecule has 1 aliphatic rings. The molecule has 1 saturated heterocycles. The quantitative estimate of drug-likeness (QED) is 0.483. The molecule has 0 aliphatic carbocycles. The Kier molecular flexibility index (Phi) is 5.27. The van der Waals surface area contributed by atoms with Crippen molar-refractivity contribution in [3.63, 3.8) is 0 Å². The summed E-state index contributed by atoms with van der Waals surface area (Å²) in [7, 11) is 0. The lowest BCUT2D eigenvalue weighted by molar-refractivity contribution is -0.132. The lowest BCUT2D eigenvalue weighted by Gasteiger charge is -2.46. The Bertz CT molecular complexity index is 812. The van der Waals surface area contributed by atoms with Crippen molar-refractivity contribution in [3.05, 3.63) is 108 Å². The van der Waals surface area contributed by atoms with Crippen LogP contribution in [0.2, 0.25) is 0 Å². The van der Waals surface area contributed by atoms with Crippen molar-refractivity contribution in [2.45, 2.75) is 37.4 Å². The van der Waals surface area contributed by atoms with Crippen LogP contribution in [0.15, 0.2) is 91.0 Å². The third kappa shape index (κ3) is 3.23. The fourth-order valence-corrected chi connectivity index (χ4v) is 4.21. The molecular formula is C25H26N2O. The van der Waals surface area contributed by atoms with E-state index >= 15 is 0 Å². The largest absolute Gasteiger partial charge is 0.350 e. The lowest BCUT2D eigenvalue weighted by Crippen LogP contribution is -2.71. The van der Waals surface area contributed by atoms with Gasteiger partial charge in [0.05, 0.1) is 11.6 Å². The average Bonchev–Trinajstić information content (AvgIpc) is 2.76. The van der Waals surface area contributed by atoms with Crippen LogP contribution in [0.5, 0.6) is 0 Å². The minimum atomic E-state index is -0.599. The zero-order chi connectivity index (χ0) is 19.4. The Hall–Kier alpha value is -2.91. The summed E-state index contributed by atoms with van der Waals surface area (Å²) >= 11 is 0. The number of carbonyl (C=O) groups excluding carboxylic acids is 1. The Morgan fingerprint density at radius 1 is 0.786 bits per heavy atom. The van der Waals surface area contributed by atoms with Gasteiger partial charge in [-0.05, 0) is 23.1 Å². The van der Waals surface area contributed by atoms with Gasteiger partial charge in [0.15, 0.2) is 0 Å². The molecule has 0 radical (unpaired) electrons. The molecule has 3 heteroatoms. The summed E-state index contributed by atoms with van der Waals surface area (Å²) < 4.78 is 0. The number of hydrogen-bond acceptors (Lipinski definition) is 2. The second kappa shape index (κ2) is 7.99. The SMILES string of the molecule is CCC[C@@H]1NC(=O)[C@H]1NC(c1ccccc1)(c1ccccc1)c1ccccc1. The molecule has 0 aromatic heterocycles. The molecule has 1 amide bonds. The molecule has 4 rings (SSSR count). The Labute approximate surface area is 166 Å². The van der Waals surface area contributed by atoms with Crippen molar-refractivity contribution in [1.82, 2.24) is 10.6 Å². The summed E-state index contributed by atoms with van der Waals surface area (Å²) in [6, 6.07) is 31.2. The van der Waals surface area contributed by atoms with Gasteiger partial charge >= 0.3 is 0 Å². The summed E-state index contributed by atoms with van der Waals surface area (Å²) in [6.45, 7) is 2.15. The summed E-state index contributed by atoms with van der Waals surface area (Å²) in [5.41, 5.74) is 2.78. The number of benzene rings is 3. The van der Waals surface area contributed by atoms with Gasteiger partial charge in [-0.1, -0.05) is 104 Å². The molecule has 0 saturated carbocycles. The van der Waals surface area contributed by atoms with E-state index in [1.807, 2.05) is 18.2 Å². The molecule has 1 aliphatic heterocycles. The van der Waals surface area contributed by atoms with Crippen molar-refractivity contribution in [2.75, 3.05) is 0 Å². The van der Waals surface area contributed by atoms with Crippen LogP contribution in [-0.2, 0) is 10.3 Å². The molecule has 3 aromatic rings. The van der Waals surface area contributed by atoms with Crippen LogP contribution < -0.4 is 10.6 Å². The Balaban J connectivity index is 1.90. The van der Waals surface area contributed by atoms with Gasteiger partial charge in [-0.3, -0.25) is 10.1 Å². The molecule has 2 N–H and O–H groups in total. The standard InChI is InChI=1S/C25H26N2O/c1-2-12-22-23(24(28)26-22)27-25(19-13-6-3-7-14-19,20-15-8-4-9-16-20)21-17-10-5-11-18-21/h3-11,13-18,22-23,27H,2,12H2,1H3,(H,26,28)/t22-,23-/m0/s1. The van der Waals surface area contributed by atoms with Crippen molar-refractivity contribution >= 4 is 5.91 Å². The number of β-lactam (4-membered cyclic amide) rings is 1. The highest BCUT2D eigenvalue weighted by Crippen LogP contribution is 2.38. The molecule has 0 bridgehead atoms. The van der Waals surface area contributed by atoms with Gasteiger partial charge in [-0.2, -0.15) is 0 Å². The van der Waals surface area contributed by atoms with E-state index in [0.717, 1.165) is 29.5 Å². The number of amides is 1. The maximum absolute atomic E-state index is 12.5. The molecule has 2 atom stereocenters. The van der Waals surface area contributed by atoms with E-state index in [9.17, 15) is 4.79 Å². The van der Waals surface area contributed by atoms with Crippen LogP contribution in [0.4, 0.5) is 0 Å². The maximum Gasteiger partial charge on any atom is 0.239 e. The van der Waals surface area contributed by atoms with Gasteiger partial charge in [-0.25, -0.2) is 0 Å². The Morgan fingerprint density at radius 3 is 1.57 bits per heavy atom. The maximum atomic E-state index is 12.5. The monoisotopic (exact) mass is 370 g/mol. The first-order chi connectivity index (χ1) is 13.8. The minimum absolute atomic E-state index is 0.0746. The molecule has 0 unspecified atom stereocenters. The van der Waals surface area contributed by atoms with Crippen LogP contribution in [0.25, 0.3) is 0 Å². The summed E-state index contributed by atoms with van der Waals surface area (Å²) in [5.74, 6) is 0.0746. The number of nitrogens with one attached hydrogen (secondary N) is 2. The normalized spacial score (nSPS) is 19.0. The first kappa shape index (κ1) is 18.5. The van der Waals surface area contributed by atoms with Crippen LogP contribution in [0, 0.1) is 0 Å². The van der Waals surface area contributed by atoms with Crippen LogP contribution >= 0.6 is 0 Å². The average molecular weight is 370 g/mol. The predicted molar refractivity (Wildman–Crippen MR) is 113 cm³/mol. The van der Waals surface area contributed by atoms with Crippen LogP contribution in [-0.4, -0.2) is 18.0 Å². The van der Waals surface area contributed by atoms with E-state index in [4.69, 9.17) is 0 Å². The van der Waals surface area contributed by atoms with Crippen LogP contribution in [0.3, 0.4) is 0 Å². The van der Waals surface area contributed by atoms with Crippen LogP contribution in [0.1, 0.15) is 36.5 Å². The van der Waals surface area contributed by atoms with Crippen molar-refractivity contribution in [1.29, 1.82) is 0 Å². The molecule has 0 spiro atoms. The van der Waals surface area contributed by atoms with E-state index in [-0.39, 0.29) is 18.0 Å². The zero-order valence-electron chi connectivity index (χ0n) is 16.1. The summed E-state index contributed by atoms with van der Waals surface area (Å²) in [4.78, 5) is 12.5. The van der Waals surface area contributed by atoms with E-state index in [0.29, 0.717) is 0 Å². The van der Waals surface area contributed by atoms with Gasteiger partial charge < -0.3 is 5.32 Å². The zero-order valence-corrected chi connectivity index (χ0v) is 16.1. The van der Waals surface area contributed by atoms with Gasteiger partial charge in [0.25, 0.3) is 0 Å². The molecule has 1 heterocycles. The first-order valence-corrected chi connectivity index (χ1v) is 10.0. The molecule has 28 heavy (non-hydrogen) atoms. The first-order valence-electron chi connectivity index (χ1n) is 10.0. The van der Waals surface area contributed by atoms with Gasteiger partial charge in [0.1, 0.15) is 6.04 Å². The fraction of sp³-hybridized carbons (Fsp3) is 0.240. The highest BCUT2D eigenvalue weighted by atomic mass is 16.2. The van der Waals surface area contributed by atoms with E-state index in [2.05, 4.69) is 90.4 Å². The topological polar surface area (TPSA) is 41.1 Å². The highest BCUT2D eigenvalue weighted by Gasteiger charge is 2.46. The van der Waals surface area contributed by atoms with Crippen molar-refractivity contribution in [2.24, 2.45) is 0 Å². The third-order valence-electron chi connectivity index (χ3n) is 5.60. The summed E-state index contributed by atoms with van der Waals surface area (Å²) in [5, 5.41) is 6.86. The van der Waals surface area contributed by atoms with Gasteiger partial charge in [-0.15, -0.1) is 0 Å². The molecular weight excluding hydrogens is 344 g/mol. The van der Waals surface area contributed by atoms with E-state index in [1.165, 1.54) is 0 Å². The second-order valence-electron chi connectivity index (χ2n) is 7.37.